The minimum Gasteiger partial charge on any atom is -0.361 e. The van der Waals surface area contributed by atoms with Crippen LogP contribution in [-0.4, -0.2) is 23.6 Å². The molecule has 0 aliphatic heterocycles. The minimum atomic E-state index is -0.946. The summed E-state index contributed by atoms with van der Waals surface area (Å²) in [5.74, 6) is -1.68. The Morgan fingerprint density at radius 3 is 2.39 bits per heavy atom. The van der Waals surface area contributed by atoms with E-state index in [0.717, 1.165) is 5.56 Å². The molecule has 0 aliphatic carbocycles. The predicted octanol–water partition coefficient (Wildman–Crippen LogP) is 1.33. The molecule has 18 heavy (non-hydrogen) atoms. The summed E-state index contributed by atoms with van der Waals surface area (Å²) < 4.78 is 0. The molecule has 0 saturated carbocycles. The number of nitrogens with one attached hydrogen (secondary N) is 1. The predicted molar refractivity (Wildman–Crippen MR) is 73.3 cm³/mol. The summed E-state index contributed by atoms with van der Waals surface area (Å²) in [5.41, 5.74) is 5.95. The van der Waals surface area contributed by atoms with Crippen LogP contribution in [0.2, 0.25) is 0 Å². The molecule has 0 bridgehead atoms. The molecule has 0 unspecified atom stereocenters. The Bertz CT molecular complexity index is 416. The van der Waals surface area contributed by atoms with Gasteiger partial charge < -0.3 is 11.1 Å². The molecule has 1 aromatic carbocycles. The van der Waals surface area contributed by atoms with Crippen molar-refractivity contribution in [3.8, 4) is 0 Å². The van der Waals surface area contributed by atoms with Crippen molar-refractivity contribution in [2.24, 2.45) is 5.73 Å². The van der Waals surface area contributed by atoms with Gasteiger partial charge >= 0.3 is 11.8 Å². The Morgan fingerprint density at radius 2 is 1.89 bits per heavy atom. The van der Waals surface area contributed by atoms with E-state index in [2.05, 4.69) is 31.3 Å². The summed E-state index contributed by atoms with van der Waals surface area (Å²) in [6, 6.07) is 8.19. The average molecular weight is 266 g/mol. The van der Waals surface area contributed by atoms with Crippen LogP contribution in [-0.2, 0) is 16.0 Å². The van der Waals surface area contributed by atoms with Gasteiger partial charge in [-0.1, -0.05) is 26.0 Å². The SMILES string of the molecule is CC(C)Sc1ccc(CCNC(=O)C(N)=O)cc1. The van der Waals surface area contributed by atoms with Gasteiger partial charge in [0, 0.05) is 16.7 Å². The molecule has 2 amide bonds. The van der Waals surface area contributed by atoms with Crippen LogP contribution in [0.25, 0.3) is 0 Å². The van der Waals surface area contributed by atoms with Gasteiger partial charge in [0.15, 0.2) is 0 Å². The van der Waals surface area contributed by atoms with Gasteiger partial charge in [-0.05, 0) is 24.1 Å². The zero-order valence-electron chi connectivity index (χ0n) is 10.6. The van der Waals surface area contributed by atoms with Crippen LogP contribution in [0.3, 0.4) is 0 Å². The van der Waals surface area contributed by atoms with E-state index in [9.17, 15) is 9.59 Å². The highest BCUT2D eigenvalue weighted by molar-refractivity contribution is 7.99. The number of benzene rings is 1. The van der Waals surface area contributed by atoms with Gasteiger partial charge in [0.1, 0.15) is 0 Å². The van der Waals surface area contributed by atoms with Gasteiger partial charge in [0.05, 0.1) is 0 Å². The molecule has 98 valence electrons. The Hall–Kier alpha value is -1.49. The lowest BCUT2D eigenvalue weighted by molar-refractivity contribution is -0.137. The molecule has 0 fully saturated rings. The summed E-state index contributed by atoms with van der Waals surface area (Å²) in [7, 11) is 0. The van der Waals surface area contributed by atoms with Crippen LogP contribution in [0.1, 0.15) is 19.4 Å². The fourth-order valence-corrected chi connectivity index (χ4v) is 2.25. The van der Waals surface area contributed by atoms with Crippen LogP contribution >= 0.6 is 11.8 Å². The topological polar surface area (TPSA) is 72.2 Å². The van der Waals surface area contributed by atoms with Gasteiger partial charge in [0.2, 0.25) is 0 Å². The molecule has 0 aromatic heterocycles. The number of primary amides is 1. The van der Waals surface area contributed by atoms with Crippen LogP contribution in [0.4, 0.5) is 0 Å². The van der Waals surface area contributed by atoms with E-state index in [-0.39, 0.29) is 0 Å². The van der Waals surface area contributed by atoms with Gasteiger partial charge in [-0.25, -0.2) is 0 Å². The van der Waals surface area contributed by atoms with Gasteiger partial charge in [-0.3, -0.25) is 9.59 Å². The van der Waals surface area contributed by atoms with E-state index in [0.29, 0.717) is 18.2 Å². The number of rotatable bonds is 5. The fraction of sp³-hybridized carbons (Fsp3) is 0.385. The third-order valence-electron chi connectivity index (χ3n) is 2.22. The number of hydrogen-bond acceptors (Lipinski definition) is 3. The highest BCUT2D eigenvalue weighted by atomic mass is 32.2. The first-order chi connectivity index (χ1) is 8.49. The second-order valence-corrected chi connectivity index (χ2v) is 5.83. The van der Waals surface area contributed by atoms with Crippen LogP contribution in [0, 0.1) is 0 Å². The van der Waals surface area contributed by atoms with Gasteiger partial charge in [0.25, 0.3) is 0 Å². The van der Waals surface area contributed by atoms with Crippen molar-refractivity contribution in [1.29, 1.82) is 0 Å². The number of carbonyl (C=O) groups excluding carboxylic acids is 2. The molecule has 1 rings (SSSR count). The van der Waals surface area contributed by atoms with Crippen LogP contribution < -0.4 is 11.1 Å². The third-order valence-corrected chi connectivity index (χ3v) is 3.23. The summed E-state index contributed by atoms with van der Waals surface area (Å²) in [5, 5.41) is 3.02. The molecule has 5 heteroatoms. The number of thioether (sulfide) groups is 1. The first kappa shape index (κ1) is 14.6. The largest absolute Gasteiger partial charge is 0.361 e. The summed E-state index contributed by atoms with van der Waals surface area (Å²) in [6.45, 7) is 4.72. The second-order valence-electron chi connectivity index (χ2n) is 4.18. The molecule has 0 spiro atoms. The lowest BCUT2D eigenvalue weighted by Crippen LogP contribution is -2.37. The summed E-state index contributed by atoms with van der Waals surface area (Å²) in [4.78, 5) is 22.6. The van der Waals surface area contributed by atoms with Crippen LogP contribution in [0.5, 0.6) is 0 Å². The van der Waals surface area contributed by atoms with Gasteiger partial charge in [-0.2, -0.15) is 0 Å². The lowest BCUT2D eigenvalue weighted by Gasteiger charge is -2.06. The van der Waals surface area contributed by atoms with E-state index in [1.807, 2.05) is 23.9 Å². The Labute approximate surface area is 111 Å². The number of nitrogens with two attached hydrogens (primary N) is 1. The number of amides is 2. The highest BCUT2D eigenvalue weighted by Crippen LogP contribution is 2.22. The molecule has 1 aromatic rings. The Balaban J connectivity index is 2.39. The zero-order chi connectivity index (χ0) is 13.5. The molecule has 0 aliphatic rings. The van der Waals surface area contributed by atoms with E-state index in [1.54, 1.807) is 0 Å². The van der Waals surface area contributed by atoms with Crippen LogP contribution in [0.15, 0.2) is 29.2 Å². The average Bonchev–Trinajstić information content (AvgIpc) is 2.30. The second kappa shape index (κ2) is 7.06. The van der Waals surface area contributed by atoms with Crippen molar-refractivity contribution >= 4 is 23.6 Å². The third kappa shape index (κ3) is 5.23. The molecule has 3 N–H and O–H groups in total. The maximum Gasteiger partial charge on any atom is 0.309 e. The molecular weight excluding hydrogens is 248 g/mol. The summed E-state index contributed by atoms with van der Waals surface area (Å²) in [6.07, 6.45) is 0.686. The summed E-state index contributed by atoms with van der Waals surface area (Å²) >= 11 is 1.81. The zero-order valence-corrected chi connectivity index (χ0v) is 11.4. The first-order valence-corrected chi connectivity index (χ1v) is 6.70. The van der Waals surface area contributed by atoms with Crippen molar-refractivity contribution in [2.45, 2.75) is 30.4 Å². The smallest absolute Gasteiger partial charge is 0.309 e. The van der Waals surface area contributed by atoms with Gasteiger partial charge in [-0.15, -0.1) is 11.8 Å². The lowest BCUT2D eigenvalue weighted by atomic mass is 10.1. The number of carbonyl (C=O) groups is 2. The monoisotopic (exact) mass is 266 g/mol. The Kier molecular flexibility index (Phi) is 5.71. The quantitative estimate of drug-likeness (QED) is 0.624. The molecule has 0 atom stereocenters. The van der Waals surface area contributed by atoms with Crippen molar-refractivity contribution < 1.29 is 9.59 Å². The van der Waals surface area contributed by atoms with E-state index < -0.39 is 11.8 Å². The molecule has 4 nitrogen and oxygen atoms in total. The molecule has 0 saturated heterocycles. The molecule has 0 heterocycles. The van der Waals surface area contributed by atoms with E-state index in [1.165, 1.54) is 4.90 Å². The fourth-order valence-electron chi connectivity index (χ4n) is 1.41. The maximum absolute atomic E-state index is 10.9. The van der Waals surface area contributed by atoms with Crippen molar-refractivity contribution in [1.82, 2.24) is 5.32 Å². The number of hydrogen-bond donors (Lipinski definition) is 2. The minimum absolute atomic E-state index is 0.415. The first-order valence-electron chi connectivity index (χ1n) is 5.82. The van der Waals surface area contributed by atoms with E-state index >= 15 is 0 Å². The molecular formula is C13H18N2O2S. The maximum atomic E-state index is 10.9. The normalized spacial score (nSPS) is 10.4. The standard InChI is InChI=1S/C13H18N2O2S/c1-9(2)18-11-5-3-10(4-6-11)7-8-15-13(17)12(14)16/h3-6,9H,7-8H2,1-2H3,(H2,14,16)(H,15,17). The van der Waals surface area contributed by atoms with Crippen molar-refractivity contribution in [3.63, 3.8) is 0 Å². The Morgan fingerprint density at radius 1 is 1.28 bits per heavy atom. The van der Waals surface area contributed by atoms with Crippen molar-refractivity contribution in [2.75, 3.05) is 6.54 Å². The molecule has 0 radical (unpaired) electrons. The van der Waals surface area contributed by atoms with Crippen molar-refractivity contribution in [3.05, 3.63) is 29.8 Å². The van der Waals surface area contributed by atoms with E-state index in [4.69, 9.17) is 5.73 Å². The highest BCUT2D eigenvalue weighted by Gasteiger charge is 2.06.